The third-order valence-electron chi connectivity index (χ3n) is 4.13. The van der Waals surface area contributed by atoms with Gasteiger partial charge in [-0.2, -0.15) is 4.31 Å². The second-order valence-corrected chi connectivity index (χ2v) is 9.02. The number of sulfonamides is 1. The number of aliphatic hydroxyl groups is 1. The maximum absolute atomic E-state index is 12.6. The van der Waals surface area contributed by atoms with Crippen molar-refractivity contribution >= 4 is 21.4 Å². The van der Waals surface area contributed by atoms with Crippen LogP contribution < -0.4 is 0 Å². The second kappa shape index (κ2) is 6.56. The molecule has 1 fully saturated rings. The molecule has 6 heteroatoms. The van der Waals surface area contributed by atoms with Gasteiger partial charge in [0.1, 0.15) is 4.21 Å². The third-order valence-corrected chi connectivity index (χ3v) is 7.65. The van der Waals surface area contributed by atoms with E-state index in [9.17, 15) is 8.42 Å². The molecule has 0 atom stereocenters. The second-order valence-electron chi connectivity index (χ2n) is 5.63. The molecule has 0 aromatic carbocycles. The van der Waals surface area contributed by atoms with Gasteiger partial charge in [-0.15, -0.1) is 11.3 Å². The first-order valence-corrected chi connectivity index (χ1v) is 9.38. The summed E-state index contributed by atoms with van der Waals surface area (Å²) in [4.78, 5) is 0.914. The Morgan fingerprint density at radius 2 is 1.95 bits per heavy atom. The zero-order valence-corrected chi connectivity index (χ0v) is 13.7. The average molecular weight is 317 g/mol. The van der Waals surface area contributed by atoms with Gasteiger partial charge in [0.05, 0.1) is 0 Å². The molecule has 1 aliphatic carbocycles. The number of thiophene rings is 1. The lowest BCUT2D eigenvalue weighted by atomic mass is 9.87. The van der Waals surface area contributed by atoms with E-state index < -0.39 is 10.0 Å². The number of hydrogen-bond donors (Lipinski definition) is 1. The summed E-state index contributed by atoms with van der Waals surface area (Å²) < 4.78 is 27.1. The van der Waals surface area contributed by atoms with E-state index in [2.05, 4.69) is 6.92 Å². The highest BCUT2D eigenvalue weighted by Crippen LogP contribution is 2.31. The molecule has 1 aromatic heterocycles. The van der Waals surface area contributed by atoms with Gasteiger partial charge in [-0.05, 0) is 43.7 Å². The summed E-state index contributed by atoms with van der Waals surface area (Å²) in [5.74, 6) is 0.709. The van der Waals surface area contributed by atoms with Crippen molar-refractivity contribution in [3.63, 3.8) is 0 Å². The standard InChI is InChI=1S/C14H23NO3S2/c1-11-3-5-12(6-4-11)15(2)20(17,18)14-8-7-13(19-14)9-10-16/h7-8,11-12,16H,3-6,9-10H2,1-2H3. The van der Waals surface area contributed by atoms with E-state index in [0.717, 1.165) is 30.6 Å². The molecular formula is C14H23NO3S2. The van der Waals surface area contributed by atoms with Crippen LogP contribution in [0.2, 0.25) is 0 Å². The van der Waals surface area contributed by atoms with E-state index in [1.54, 1.807) is 23.5 Å². The van der Waals surface area contributed by atoms with Crippen LogP contribution in [0, 0.1) is 5.92 Å². The van der Waals surface area contributed by atoms with Crippen LogP contribution in [0.3, 0.4) is 0 Å². The zero-order valence-electron chi connectivity index (χ0n) is 12.1. The summed E-state index contributed by atoms with van der Waals surface area (Å²) in [5, 5.41) is 8.92. The monoisotopic (exact) mass is 317 g/mol. The Bertz CT molecular complexity index is 530. The predicted molar refractivity (Wildman–Crippen MR) is 81.5 cm³/mol. The van der Waals surface area contributed by atoms with Crippen molar-refractivity contribution < 1.29 is 13.5 Å². The minimum absolute atomic E-state index is 0.0519. The highest BCUT2D eigenvalue weighted by atomic mass is 32.2. The number of rotatable bonds is 5. The Labute approximate surface area is 125 Å². The molecule has 114 valence electrons. The topological polar surface area (TPSA) is 57.6 Å². The van der Waals surface area contributed by atoms with Crippen molar-refractivity contribution in [3.05, 3.63) is 17.0 Å². The molecule has 0 spiro atoms. The minimum atomic E-state index is -3.38. The van der Waals surface area contributed by atoms with Crippen LogP contribution in [-0.4, -0.2) is 37.5 Å². The van der Waals surface area contributed by atoms with Crippen molar-refractivity contribution in [1.29, 1.82) is 0 Å². The molecule has 1 aromatic rings. The Balaban J connectivity index is 2.12. The van der Waals surface area contributed by atoms with Crippen LogP contribution >= 0.6 is 11.3 Å². The SMILES string of the molecule is CC1CCC(N(C)S(=O)(=O)c2ccc(CCO)s2)CC1. The summed E-state index contributed by atoms with van der Waals surface area (Å²) in [5.41, 5.74) is 0. The maximum Gasteiger partial charge on any atom is 0.252 e. The van der Waals surface area contributed by atoms with Gasteiger partial charge in [0.2, 0.25) is 0 Å². The smallest absolute Gasteiger partial charge is 0.252 e. The molecule has 0 aliphatic heterocycles. The Kier molecular flexibility index (Phi) is 5.23. The first-order valence-electron chi connectivity index (χ1n) is 7.12. The van der Waals surface area contributed by atoms with E-state index >= 15 is 0 Å². The number of nitrogens with zero attached hydrogens (tertiary/aromatic N) is 1. The summed E-state index contributed by atoms with van der Waals surface area (Å²) in [7, 11) is -1.69. The van der Waals surface area contributed by atoms with Crippen molar-refractivity contribution in [2.24, 2.45) is 5.92 Å². The molecular weight excluding hydrogens is 294 g/mol. The molecule has 2 rings (SSSR count). The van der Waals surface area contributed by atoms with Gasteiger partial charge in [-0.3, -0.25) is 0 Å². The molecule has 1 aliphatic rings. The molecule has 0 saturated heterocycles. The van der Waals surface area contributed by atoms with Gasteiger partial charge in [-0.25, -0.2) is 8.42 Å². The van der Waals surface area contributed by atoms with Crippen molar-refractivity contribution in [2.45, 2.75) is 49.3 Å². The summed E-state index contributed by atoms with van der Waals surface area (Å²) in [6.07, 6.45) is 4.62. The summed E-state index contributed by atoms with van der Waals surface area (Å²) in [6.45, 7) is 2.28. The van der Waals surface area contributed by atoms with Crippen LogP contribution in [0.1, 0.15) is 37.5 Å². The van der Waals surface area contributed by atoms with Gasteiger partial charge in [0.15, 0.2) is 0 Å². The summed E-state index contributed by atoms with van der Waals surface area (Å²) in [6, 6.07) is 3.58. The van der Waals surface area contributed by atoms with Crippen LogP contribution in [0.5, 0.6) is 0 Å². The van der Waals surface area contributed by atoms with Gasteiger partial charge >= 0.3 is 0 Å². The molecule has 1 saturated carbocycles. The highest BCUT2D eigenvalue weighted by Gasteiger charge is 2.31. The van der Waals surface area contributed by atoms with E-state index in [0.29, 0.717) is 16.5 Å². The largest absolute Gasteiger partial charge is 0.396 e. The van der Waals surface area contributed by atoms with Crippen molar-refractivity contribution in [3.8, 4) is 0 Å². The first kappa shape index (κ1) is 15.9. The molecule has 0 bridgehead atoms. The van der Waals surface area contributed by atoms with Gasteiger partial charge in [0, 0.05) is 31.0 Å². The molecule has 0 unspecified atom stereocenters. The molecule has 4 nitrogen and oxygen atoms in total. The lowest BCUT2D eigenvalue weighted by Crippen LogP contribution is -2.38. The van der Waals surface area contributed by atoms with Gasteiger partial charge < -0.3 is 5.11 Å². The Hall–Kier alpha value is -0.430. The minimum Gasteiger partial charge on any atom is -0.396 e. The van der Waals surface area contributed by atoms with E-state index in [1.165, 1.54) is 11.3 Å². The number of aliphatic hydroxyl groups excluding tert-OH is 1. The quantitative estimate of drug-likeness (QED) is 0.907. The van der Waals surface area contributed by atoms with Crippen LogP contribution in [0.4, 0.5) is 0 Å². The number of hydrogen-bond acceptors (Lipinski definition) is 4. The van der Waals surface area contributed by atoms with Crippen LogP contribution in [0.25, 0.3) is 0 Å². The molecule has 0 radical (unpaired) electrons. The van der Waals surface area contributed by atoms with E-state index in [-0.39, 0.29) is 12.6 Å². The maximum atomic E-state index is 12.6. The molecule has 1 N–H and O–H groups in total. The summed E-state index contributed by atoms with van der Waals surface area (Å²) >= 11 is 1.27. The fourth-order valence-electron chi connectivity index (χ4n) is 2.69. The third kappa shape index (κ3) is 3.42. The lowest BCUT2D eigenvalue weighted by molar-refractivity contribution is 0.246. The normalized spacial score (nSPS) is 24.2. The van der Waals surface area contributed by atoms with Crippen LogP contribution in [-0.2, 0) is 16.4 Å². The molecule has 1 heterocycles. The fraction of sp³-hybridized carbons (Fsp3) is 0.714. The predicted octanol–water partition coefficient (Wildman–Crippen LogP) is 2.48. The average Bonchev–Trinajstić information content (AvgIpc) is 2.88. The van der Waals surface area contributed by atoms with Gasteiger partial charge in [-0.1, -0.05) is 6.92 Å². The fourth-order valence-corrected chi connectivity index (χ4v) is 5.63. The first-order chi connectivity index (χ1) is 9.45. The lowest BCUT2D eigenvalue weighted by Gasteiger charge is -2.32. The highest BCUT2D eigenvalue weighted by molar-refractivity contribution is 7.91. The van der Waals surface area contributed by atoms with Crippen molar-refractivity contribution in [1.82, 2.24) is 4.31 Å². The Morgan fingerprint density at radius 3 is 2.55 bits per heavy atom. The van der Waals surface area contributed by atoms with E-state index in [1.807, 2.05) is 0 Å². The molecule has 20 heavy (non-hydrogen) atoms. The Morgan fingerprint density at radius 1 is 1.30 bits per heavy atom. The van der Waals surface area contributed by atoms with Crippen LogP contribution in [0.15, 0.2) is 16.3 Å². The zero-order chi connectivity index (χ0) is 14.8. The van der Waals surface area contributed by atoms with Crippen molar-refractivity contribution in [2.75, 3.05) is 13.7 Å². The molecule has 0 amide bonds. The van der Waals surface area contributed by atoms with Gasteiger partial charge in [0.25, 0.3) is 10.0 Å². The van der Waals surface area contributed by atoms with E-state index in [4.69, 9.17) is 5.11 Å².